The fourth-order valence-corrected chi connectivity index (χ4v) is 3.23. The monoisotopic (exact) mass is 313 g/mol. The number of piperazine rings is 1. The molecule has 1 aliphatic rings. The molecule has 1 saturated heterocycles. The highest BCUT2D eigenvalue weighted by molar-refractivity contribution is 6.05. The van der Waals surface area contributed by atoms with Crippen molar-refractivity contribution in [3.63, 3.8) is 0 Å². The first-order chi connectivity index (χ1) is 11.2. The largest absolute Gasteiger partial charge is 0.395 e. The Bertz CT molecular complexity index is 672. The van der Waals surface area contributed by atoms with Crippen LogP contribution in [0.3, 0.4) is 0 Å². The van der Waals surface area contributed by atoms with Gasteiger partial charge in [-0.05, 0) is 17.9 Å². The number of rotatable bonds is 4. The summed E-state index contributed by atoms with van der Waals surface area (Å²) in [5.74, 6) is -0.00139. The smallest absolute Gasteiger partial charge is 0.273 e. The summed E-state index contributed by atoms with van der Waals surface area (Å²) in [6.07, 6.45) is 2.63. The van der Waals surface area contributed by atoms with Crippen molar-refractivity contribution in [3.05, 3.63) is 42.2 Å². The van der Waals surface area contributed by atoms with E-state index in [0.717, 1.165) is 30.3 Å². The van der Waals surface area contributed by atoms with Gasteiger partial charge in [-0.15, -0.1) is 0 Å². The Morgan fingerprint density at radius 3 is 2.65 bits per heavy atom. The standard InChI is InChI=1S/C18H23N3O2/c1-2-15(13-22)20-9-11-21(12-10-20)18(23)17-16-6-4-3-5-14(16)7-8-19-17/h3-8,15,22H,2,9-13H2,1H3. The highest BCUT2D eigenvalue weighted by Crippen LogP contribution is 2.19. The normalized spacial score (nSPS) is 17.4. The number of fused-ring (bicyclic) bond motifs is 1. The predicted octanol–water partition coefficient (Wildman–Crippen LogP) is 1.76. The summed E-state index contributed by atoms with van der Waals surface area (Å²) in [7, 11) is 0. The van der Waals surface area contributed by atoms with Crippen molar-refractivity contribution >= 4 is 16.7 Å². The molecule has 1 fully saturated rings. The number of aliphatic hydroxyl groups is 1. The lowest BCUT2D eigenvalue weighted by Gasteiger charge is -2.38. The fourth-order valence-electron chi connectivity index (χ4n) is 3.23. The van der Waals surface area contributed by atoms with E-state index in [2.05, 4.69) is 16.8 Å². The Morgan fingerprint density at radius 1 is 1.22 bits per heavy atom. The number of hydrogen-bond donors (Lipinski definition) is 1. The van der Waals surface area contributed by atoms with Crippen molar-refractivity contribution < 1.29 is 9.90 Å². The molecule has 0 radical (unpaired) electrons. The minimum absolute atomic E-state index is 0.00139. The number of aliphatic hydroxyl groups excluding tert-OH is 1. The van der Waals surface area contributed by atoms with Crippen LogP contribution in [0.5, 0.6) is 0 Å². The van der Waals surface area contributed by atoms with Crippen LogP contribution in [-0.4, -0.2) is 64.6 Å². The van der Waals surface area contributed by atoms with Gasteiger partial charge in [-0.2, -0.15) is 0 Å². The minimum Gasteiger partial charge on any atom is -0.395 e. The molecule has 1 atom stereocenters. The Labute approximate surface area is 136 Å². The molecule has 0 bridgehead atoms. The van der Waals surface area contributed by atoms with Crippen LogP contribution in [0.4, 0.5) is 0 Å². The second kappa shape index (κ2) is 7.06. The maximum atomic E-state index is 12.8. The molecule has 1 aliphatic heterocycles. The molecule has 1 N–H and O–H groups in total. The average molecular weight is 313 g/mol. The van der Waals surface area contributed by atoms with Gasteiger partial charge in [0.2, 0.25) is 0 Å². The topological polar surface area (TPSA) is 56.7 Å². The van der Waals surface area contributed by atoms with Gasteiger partial charge in [-0.1, -0.05) is 31.2 Å². The summed E-state index contributed by atoms with van der Waals surface area (Å²) < 4.78 is 0. The van der Waals surface area contributed by atoms with Gasteiger partial charge in [0.15, 0.2) is 0 Å². The molecule has 5 nitrogen and oxygen atoms in total. The van der Waals surface area contributed by atoms with Gasteiger partial charge in [0.05, 0.1) is 6.61 Å². The fraction of sp³-hybridized carbons (Fsp3) is 0.444. The number of amides is 1. The van der Waals surface area contributed by atoms with Gasteiger partial charge in [0.1, 0.15) is 5.69 Å². The first-order valence-corrected chi connectivity index (χ1v) is 8.22. The second-order valence-electron chi connectivity index (χ2n) is 5.95. The third-order valence-corrected chi connectivity index (χ3v) is 4.68. The summed E-state index contributed by atoms with van der Waals surface area (Å²) in [6, 6.07) is 9.98. The van der Waals surface area contributed by atoms with E-state index >= 15 is 0 Å². The summed E-state index contributed by atoms with van der Waals surface area (Å²) in [6.45, 7) is 5.22. The predicted molar refractivity (Wildman–Crippen MR) is 90.4 cm³/mol. The zero-order chi connectivity index (χ0) is 16.2. The number of hydrogen-bond acceptors (Lipinski definition) is 4. The van der Waals surface area contributed by atoms with Crippen molar-refractivity contribution in [1.29, 1.82) is 0 Å². The van der Waals surface area contributed by atoms with Crippen LogP contribution in [-0.2, 0) is 0 Å². The maximum absolute atomic E-state index is 12.8. The van der Waals surface area contributed by atoms with Crippen LogP contribution in [0.25, 0.3) is 10.8 Å². The van der Waals surface area contributed by atoms with Gasteiger partial charge < -0.3 is 10.0 Å². The molecule has 3 rings (SSSR count). The Morgan fingerprint density at radius 2 is 1.96 bits per heavy atom. The number of aromatic nitrogens is 1. The number of carbonyl (C=O) groups is 1. The molecular formula is C18H23N3O2. The number of benzene rings is 1. The highest BCUT2D eigenvalue weighted by Gasteiger charge is 2.26. The zero-order valence-electron chi connectivity index (χ0n) is 13.5. The molecule has 0 aliphatic carbocycles. The summed E-state index contributed by atoms with van der Waals surface area (Å²) in [4.78, 5) is 21.3. The molecule has 1 aromatic heterocycles. The van der Waals surface area contributed by atoms with Crippen molar-refractivity contribution in [2.75, 3.05) is 32.8 Å². The number of carbonyl (C=O) groups excluding carboxylic acids is 1. The van der Waals surface area contributed by atoms with Crippen molar-refractivity contribution in [2.45, 2.75) is 19.4 Å². The van der Waals surface area contributed by atoms with Crippen molar-refractivity contribution in [2.24, 2.45) is 0 Å². The van der Waals surface area contributed by atoms with Crippen molar-refractivity contribution in [3.8, 4) is 0 Å². The van der Waals surface area contributed by atoms with E-state index in [4.69, 9.17) is 0 Å². The Balaban J connectivity index is 1.74. The van der Waals surface area contributed by atoms with Crippen molar-refractivity contribution in [1.82, 2.24) is 14.8 Å². The lowest BCUT2D eigenvalue weighted by molar-refractivity contribution is 0.0469. The second-order valence-corrected chi connectivity index (χ2v) is 5.95. The lowest BCUT2D eigenvalue weighted by atomic mass is 10.1. The van der Waals surface area contributed by atoms with E-state index in [1.807, 2.05) is 35.2 Å². The average Bonchev–Trinajstić information content (AvgIpc) is 2.62. The third kappa shape index (κ3) is 3.21. The minimum atomic E-state index is -0.00139. The molecular weight excluding hydrogens is 290 g/mol. The third-order valence-electron chi connectivity index (χ3n) is 4.68. The zero-order valence-corrected chi connectivity index (χ0v) is 13.5. The van der Waals surface area contributed by atoms with Crippen LogP contribution in [0, 0.1) is 0 Å². The number of pyridine rings is 1. The summed E-state index contributed by atoms with van der Waals surface area (Å²) >= 11 is 0. The lowest BCUT2D eigenvalue weighted by Crippen LogP contribution is -2.52. The van der Waals surface area contributed by atoms with E-state index in [0.29, 0.717) is 18.8 Å². The van der Waals surface area contributed by atoms with Gasteiger partial charge in [-0.3, -0.25) is 14.7 Å². The van der Waals surface area contributed by atoms with Crippen LogP contribution in [0.15, 0.2) is 36.5 Å². The van der Waals surface area contributed by atoms with Gasteiger partial charge in [-0.25, -0.2) is 0 Å². The Kier molecular flexibility index (Phi) is 4.88. The molecule has 0 saturated carbocycles. The maximum Gasteiger partial charge on any atom is 0.273 e. The molecule has 1 amide bonds. The SMILES string of the molecule is CCC(CO)N1CCN(C(=O)c2nccc3ccccc23)CC1. The Hall–Kier alpha value is -1.98. The van der Waals surface area contributed by atoms with Crippen LogP contribution >= 0.6 is 0 Å². The van der Waals surface area contributed by atoms with E-state index in [9.17, 15) is 9.90 Å². The molecule has 1 unspecified atom stereocenters. The molecule has 23 heavy (non-hydrogen) atoms. The van der Waals surface area contributed by atoms with E-state index in [-0.39, 0.29) is 18.6 Å². The molecule has 1 aromatic carbocycles. The quantitative estimate of drug-likeness (QED) is 0.934. The first kappa shape index (κ1) is 15.9. The van der Waals surface area contributed by atoms with Crippen LogP contribution in [0.2, 0.25) is 0 Å². The van der Waals surface area contributed by atoms with Gasteiger partial charge in [0, 0.05) is 43.8 Å². The summed E-state index contributed by atoms with van der Waals surface area (Å²) in [5.41, 5.74) is 0.533. The molecule has 0 spiro atoms. The molecule has 5 heteroatoms. The summed E-state index contributed by atoms with van der Waals surface area (Å²) in [5, 5.41) is 11.4. The van der Waals surface area contributed by atoms with E-state index in [1.165, 1.54) is 0 Å². The van der Waals surface area contributed by atoms with Crippen LogP contribution < -0.4 is 0 Å². The van der Waals surface area contributed by atoms with E-state index < -0.39 is 0 Å². The molecule has 2 aromatic rings. The van der Waals surface area contributed by atoms with Gasteiger partial charge in [0.25, 0.3) is 5.91 Å². The van der Waals surface area contributed by atoms with Gasteiger partial charge >= 0.3 is 0 Å². The number of nitrogens with zero attached hydrogens (tertiary/aromatic N) is 3. The highest BCUT2D eigenvalue weighted by atomic mass is 16.3. The van der Waals surface area contributed by atoms with E-state index in [1.54, 1.807) is 6.20 Å². The van der Waals surface area contributed by atoms with Crippen LogP contribution in [0.1, 0.15) is 23.8 Å². The first-order valence-electron chi connectivity index (χ1n) is 8.22. The molecule has 122 valence electrons. The molecule has 2 heterocycles.